The molecule has 2 saturated heterocycles. The van der Waals surface area contributed by atoms with Crippen molar-refractivity contribution in [2.75, 3.05) is 44.0 Å². The lowest BCUT2D eigenvalue weighted by Gasteiger charge is -2.31. The van der Waals surface area contributed by atoms with Gasteiger partial charge in [0.25, 0.3) is 11.5 Å². The summed E-state index contributed by atoms with van der Waals surface area (Å²) in [4.78, 5) is 105. The zero-order valence-corrected chi connectivity index (χ0v) is 35.5. The molecule has 0 radical (unpaired) electrons. The maximum atomic E-state index is 14.0. The van der Waals surface area contributed by atoms with Crippen LogP contribution in [-0.2, 0) is 41.5 Å². The summed E-state index contributed by atoms with van der Waals surface area (Å²) in [6, 6.07) is 5.43. The molecule has 1 aliphatic carbocycles. The van der Waals surface area contributed by atoms with Crippen LogP contribution < -0.4 is 33.0 Å². The first-order valence-electron chi connectivity index (χ1n) is 19.9. The summed E-state index contributed by atoms with van der Waals surface area (Å²) in [7, 11) is 4.23. The Morgan fingerprint density at radius 2 is 1.84 bits per heavy atom. The number of hydrogen-bond acceptors (Lipinski definition) is 17. The number of carboxylic acid groups (broad SMARTS) is 1. The van der Waals surface area contributed by atoms with Crippen molar-refractivity contribution in [3.63, 3.8) is 0 Å². The number of benzene rings is 1. The van der Waals surface area contributed by atoms with E-state index in [9.17, 15) is 38.7 Å². The van der Waals surface area contributed by atoms with Gasteiger partial charge in [0.05, 0.1) is 29.7 Å². The molecular formula is C40H46N10O10S2. The minimum Gasteiger partial charge on any atom is -0.480 e. The summed E-state index contributed by atoms with van der Waals surface area (Å²) in [5, 5.41) is 18.4. The molecule has 62 heavy (non-hydrogen) atoms. The number of nitrogens with one attached hydrogen (secondary N) is 4. The molecule has 4 aliphatic rings. The number of hydrogen-bond donors (Lipinski definition) is 7. The molecule has 1 aromatic carbocycles. The van der Waals surface area contributed by atoms with E-state index in [0.717, 1.165) is 5.56 Å². The number of anilines is 1. The van der Waals surface area contributed by atoms with E-state index >= 15 is 0 Å². The normalized spacial score (nSPS) is 21.7. The number of H-pyrrole nitrogens is 1. The molecular weight excluding hydrogens is 845 g/mol. The molecule has 20 nitrogen and oxygen atoms in total. The Bertz CT molecular complexity index is 2440. The molecule has 328 valence electrons. The van der Waals surface area contributed by atoms with E-state index in [1.807, 2.05) is 17.0 Å². The van der Waals surface area contributed by atoms with Crippen LogP contribution in [0.1, 0.15) is 54.2 Å². The molecule has 1 unspecified atom stereocenters. The predicted molar refractivity (Wildman–Crippen MR) is 227 cm³/mol. The van der Waals surface area contributed by atoms with Gasteiger partial charge in [0.1, 0.15) is 12.6 Å². The zero-order chi connectivity index (χ0) is 44.3. The number of carboxylic acids is 1. The van der Waals surface area contributed by atoms with Gasteiger partial charge in [-0.05, 0) is 56.7 Å². The van der Waals surface area contributed by atoms with Crippen LogP contribution in [0.25, 0.3) is 11.2 Å². The van der Waals surface area contributed by atoms with Crippen LogP contribution in [-0.4, -0.2) is 128 Å². The van der Waals surface area contributed by atoms with Gasteiger partial charge >= 0.3 is 12.1 Å². The van der Waals surface area contributed by atoms with E-state index in [4.69, 9.17) is 20.9 Å². The molecule has 22 heteroatoms. The Balaban J connectivity index is 0.798. The molecule has 0 spiro atoms. The highest BCUT2D eigenvalue weighted by molar-refractivity contribution is 8.76. The maximum Gasteiger partial charge on any atom is 0.404 e. The van der Waals surface area contributed by atoms with Gasteiger partial charge in [-0.25, -0.2) is 19.6 Å². The number of methoxy groups -OCH3 is 1. The summed E-state index contributed by atoms with van der Waals surface area (Å²) in [6.45, 7) is 2.15. The lowest BCUT2D eigenvalue weighted by Crippen LogP contribution is -2.47. The van der Waals surface area contributed by atoms with E-state index in [0.29, 0.717) is 78.1 Å². The maximum absolute atomic E-state index is 14.0. The van der Waals surface area contributed by atoms with Crippen molar-refractivity contribution in [2.45, 2.75) is 69.3 Å². The lowest BCUT2D eigenvalue weighted by atomic mass is 9.80. The monoisotopic (exact) mass is 890 g/mol. The van der Waals surface area contributed by atoms with E-state index in [-0.39, 0.29) is 66.0 Å². The molecule has 3 aromatic rings. The molecule has 5 heterocycles. The first-order valence-corrected chi connectivity index (χ1v) is 22.4. The number of piperazine rings is 1. The smallest absolute Gasteiger partial charge is 0.404 e. The summed E-state index contributed by atoms with van der Waals surface area (Å²) in [5.41, 5.74) is 13.3. The summed E-state index contributed by atoms with van der Waals surface area (Å²) in [6.07, 6.45) is 2.78. The van der Waals surface area contributed by atoms with Gasteiger partial charge in [0, 0.05) is 66.3 Å². The predicted octanol–water partition coefficient (Wildman–Crippen LogP) is 0.768. The number of aryl methyl sites for hydroxylation is 2. The van der Waals surface area contributed by atoms with Crippen molar-refractivity contribution in [3.05, 3.63) is 80.1 Å². The molecule has 3 amide bonds. The van der Waals surface area contributed by atoms with Crippen molar-refractivity contribution in [3.8, 4) is 0 Å². The second-order valence-corrected chi connectivity index (χ2v) is 17.9. The fraction of sp³-hybridized carbons (Fsp3) is 0.450. The van der Waals surface area contributed by atoms with Gasteiger partial charge < -0.3 is 41.6 Å². The number of fused-ring (bicyclic) bond motifs is 5. The number of carbonyl (C=O) groups is 6. The number of aliphatic carboxylic acids is 1. The van der Waals surface area contributed by atoms with Crippen molar-refractivity contribution < 1.29 is 43.3 Å². The Morgan fingerprint density at radius 3 is 2.56 bits per heavy atom. The summed E-state index contributed by atoms with van der Waals surface area (Å²) < 4.78 is 11.0. The Kier molecular flexibility index (Phi) is 13.3. The average molecular weight is 891 g/mol. The molecule has 3 aliphatic heterocycles. The molecule has 2 aromatic heterocycles. The number of rotatable bonds is 20. The van der Waals surface area contributed by atoms with Crippen LogP contribution >= 0.6 is 21.6 Å². The van der Waals surface area contributed by atoms with Gasteiger partial charge in [0.15, 0.2) is 22.7 Å². The number of aromatic amines is 1. The Hall–Kier alpha value is -5.84. The number of nitrogens with zero attached hydrogens (tertiary/aromatic N) is 4. The fourth-order valence-electron chi connectivity index (χ4n) is 8.29. The van der Waals surface area contributed by atoms with Crippen LogP contribution in [0.4, 0.5) is 10.7 Å². The number of allylic oxidation sites excluding steroid dienone is 2. The minimum atomic E-state index is -1.18. The molecule has 2 fully saturated rings. The molecule has 0 bridgehead atoms. The van der Waals surface area contributed by atoms with Gasteiger partial charge in [-0.15, -0.1) is 0 Å². The third-order valence-corrected chi connectivity index (χ3v) is 13.9. The highest BCUT2D eigenvalue weighted by Gasteiger charge is 2.73. The van der Waals surface area contributed by atoms with Crippen LogP contribution in [0.15, 0.2) is 57.7 Å². The number of carbonyl (C=O) groups excluding carboxylic acids is 5. The first kappa shape index (κ1) is 44.2. The summed E-state index contributed by atoms with van der Waals surface area (Å²) in [5.74, 6) is -2.48. The second-order valence-electron chi connectivity index (χ2n) is 15.3. The standard InChI is InChI=1S/C40H46N10O10S2/c1-19-23(32(53)28-24(17-60-39(42)58)33-40(59-2)26(49-40)16-50(33)30(28)31(19)52)5-4-14-61-62-18-25(37(56)57)46-27(51)6-3-13-43-35(54)21-10-7-20(8-11-21)9-12-22-15-44-34-29(45-22)36(55)48-38(41)47-34/h7-8,10-11,15,24-26,33,49H,3-6,9,12-14,16-18H2,1-2H3,(H2,42,58)(H,43,54)(H,46,51)(H,56,57)(H3,41,44,47,48,55)/t24-,25-,26+,33?,40-/m1/s1. The van der Waals surface area contributed by atoms with Gasteiger partial charge in [-0.3, -0.25) is 34.3 Å². The topological polar surface area (TPSA) is 314 Å². The Morgan fingerprint density at radius 1 is 1.06 bits per heavy atom. The van der Waals surface area contributed by atoms with E-state index in [1.165, 1.54) is 21.6 Å². The van der Waals surface area contributed by atoms with Crippen LogP contribution in [0.5, 0.6) is 0 Å². The lowest BCUT2D eigenvalue weighted by molar-refractivity contribution is -0.141. The number of ketones is 2. The van der Waals surface area contributed by atoms with Crippen molar-refractivity contribution >= 4 is 74.1 Å². The third kappa shape index (κ3) is 9.17. The number of nitrogens with two attached hydrogens (primary N) is 2. The summed E-state index contributed by atoms with van der Waals surface area (Å²) >= 11 is 0. The minimum absolute atomic E-state index is 0.00468. The number of aromatic nitrogens is 4. The largest absolute Gasteiger partial charge is 0.480 e. The molecule has 9 N–H and O–H groups in total. The molecule has 7 rings (SSSR count). The number of ether oxygens (including phenoxy) is 2. The number of Topliss-reactive ketones (excluding diaryl/α,β-unsaturated/α-hetero) is 2. The first-order chi connectivity index (χ1) is 29.7. The third-order valence-electron chi connectivity index (χ3n) is 11.4. The Labute approximate surface area is 362 Å². The van der Waals surface area contributed by atoms with Crippen LogP contribution in [0.2, 0.25) is 0 Å². The van der Waals surface area contributed by atoms with Crippen molar-refractivity contribution in [2.24, 2.45) is 11.7 Å². The second kappa shape index (κ2) is 18.6. The number of nitrogen functional groups attached to an aromatic ring is 1. The van der Waals surface area contributed by atoms with Crippen LogP contribution in [0, 0.1) is 5.92 Å². The van der Waals surface area contributed by atoms with Gasteiger partial charge in [-0.2, -0.15) is 4.98 Å². The van der Waals surface area contributed by atoms with Crippen LogP contribution in [0.3, 0.4) is 0 Å². The molecule has 5 atom stereocenters. The highest BCUT2D eigenvalue weighted by atomic mass is 33.1. The zero-order valence-electron chi connectivity index (χ0n) is 33.9. The van der Waals surface area contributed by atoms with E-state index in [2.05, 4.69) is 35.9 Å². The van der Waals surface area contributed by atoms with Crippen molar-refractivity contribution in [1.82, 2.24) is 40.8 Å². The van der Waals surface area contributed by atoms with Gasteiger partial charge in [-0.1, -0.05) is 33.7 Å². The molecule has 0 saturated carbocycles. The SMILES string of the molecule is CO[C@]12N[C@H]1CN1C3=C(C(=O)C(CCCSSC[C@@H](NC(=O)CCCNC(=O)c4ccc(CCc5cnc6nc(N)[nH]c(=O)c6n5)cc4)C(=O)O)=C(C)C3=O)[C@@H](COC(N)=O)C12. The van der Waals surface area contributed by atoms with Crippen molar-refractivity contribution in [1.29, 1.82) is 0 Å². The van der Waals surface area contributed by atoms with E-state index in [1.54, 1.807) is 32.4 Å². The number of amides is 3. The average Bonchev–Trinajstić information content (AvgIpc) is 3.71. The highest BCUT2D eigenvalue weighted by Crippen LogP contribution is 2.54. The van der Waals surface area contributed by atoms with Gasteiger partial charge in [0.2, 0.25) is 17.6 Å². The number of primary amides is 1. The van der Waals surface area contributed by atoms with E-state index < -0.39 is 47.3 Å². The fourth-order valence-corrected chi connectivity index (χ4v) is 10.5. The quantitative estimate of drug-likeness (QED) is 0.0357.